The minimum absolute atomic E-state index is 0.0838. The quantitative estimate of drug-likeness (QED) is 0.696. The first-order valence-electron chi connectivity index (χ1n) is 4.53. The van der Waals surface area contributed by atoms with E-state index in [-0.39, 0.29) is 5.78 Å². The predicted octanol–water partition coefficient (Wildman–Crippen LogP) is 2.54. The fourth-order valence-corrected chi connectivity index (χ4v) is 2.06. The number of hydrogen-bond acceptors (Lipinski definition) is 4. The fraction of sp³-hybridized carbons (Fsp3) is 0.100. The summed E-state index contributed by atoms with van der Waals surface area (Å²) in [5.74, 6) is 0.453. The van der Waals surface area contributed by atoms with E-state index in [9.17, 15) is 4.79 Å². The van der Waals surface area contributed by atoms with Crippen molar-refractivity contribution in [3.05, 3.63) is 40.5 Å². The zero-order chi connectivity index (χ0) is 11.4. The van der Waals surface area contributed by atoms with Gasteiger partial charge in [-0.2, -0.15) is 10.3 Å². The van der Waals surface area contributed by atoms with E-state index in [1.165, 1.54) is 11.8 Å². The maximum atomic E-state index is 11.8. The van der Waals surface area contributed by atoms with Crippen LogP contribution in [0.3, 0.4) is 0 Å². The number of thioether (sulfide) groups is 1. The monoisotopic (exact) mass is 297 g/mol. The maximum Gasteiger partial charge on any atom is 0.173 e. The minimum atomic E-state index is 0.0838. The number of carbonyl (C=O) groups excluding carboxylic acids is 1. The van der Waals surface area contributed by atoms with Crippen molar-refractivity contribution in [1.29, 1.82) is 0 Å². The van der Waals surface area contributed by atoms with Crippen LogP contribution in [0, 0.1) is 0 Å². The number of aromatic nitrogens is 3. The highest BCUT2D eigenvalue weighted by atomic mass is 79.9. The third-order valence-electron chi connectivity index (χ3n) is 1.91. The molecule has 1 heterocycles. The summed E-state index contributed by atoms with van der Waals surface area (Å²) in [6, 6.07) is 7.31. The summed E-state index contributed by atoms with van der Waals surface area (Å²) >= 11 is 4.69. The van der Waals surface area contributed by atoms with Crippen LogP contribution in [0.25, 0.3) is 0 Å². The Hall–Kier alpha value is -1.14. The molecular formula is C10H8BrN3OS. The molecule has 1 aromatic carbocycles. The molecule has 0 aliphatic carbocycles. The topological polar surface area (TPSA) is 58.6 Å². The van der Waals surface area contributed by atoms with Crippen LogP contribution in [0.15, 0.2) is 40.0 Å². The molecule has 82 valence electrons. The summed E-state index contributed by atoms with van der Waals surface area (Å²) < 4.78 is 0.966. The van der Waals surface area contributed by atoms with Crippen molar-refractivity contribution < 1.29 is 4.79 Å². The first-order valence-corrected chi connectivity index (χ1v) is 6.31. The summed E-state index contributed by atoms with van der Waals surface area (Å²) in [6.07, 6.45) is 1.60. The zero-order valence-electron chi connectivity index (χ0n) is 8.18. The molecule has 6 heteroatoms. The summed E-state index contributed by atoms with van der Waals surface area (Å²) in [7, 11) is 0. The van der Waals surface area contributed by atoms with Crippen LogP contribution in [0.4, 0.5) is 0 Å². The van der Waals surface area contributed by atoms with Crippen molar-refractivity contribution in [3.63, 3.8) is 0 Å². The number of nitrogens with zero attached hydrogens (tertiary/aromatic N) is 2. The lowest BCUT2D eigenvalue weighted by atomic mass is 10.2. The van der Waals surface area contributed by atoms with E-state index in [0.717, 1.165) is 9.50 Å². The predicted molar refractivity (Wildman–Crippen MR) is 65.6 cm³/mol. The Balaban J connectivity index is 1.95. The van der Waals surface area contributed by atoms with Crippen LogP contribution in [-0.4, -0.2) is 26.9 Å². The Morgan fingerprint density at radius 1 is 1.38 bits per heavy atom. The van der Waals surface area contributed by atoms with E-state index in [0.29, 0.717) is 11.3 Å². The van der Waals surface area contributed by atoms with Crippen molar-refractivity contribution in [1.82, 2.24) is 15.4 Å². The molecule has 0 radical (unpaired) electrons. The number of benzene rings is 1. The second kappa shape index (κ2) is 5.27. The lowest BCUT2D eigenvalue weighted by Gasteiger charge is -1.99. The molecule has 0 amide bonds. The number of carbonyl (C=O) groups is 1. The highest BCUT2D eigenvalue weighted by Gasteiger charge is 2.07. The number of halogens is 1. The lowest BCUT2D eigenvalue weighted by Crippen LogP contribution is -2.01. The van der Waals surface area contributed by atoms with Gasteiger partial charge in [0.25, 0.3) is 0 Å². The van der Waals surface area contributed by atoms with Gasteiger partial charge >= 0.3 is 0 Å². The summed E-state index contributed by atoms with van der Waals surface area (Å²) in [5.41, 5.74) is 0.708. The van der Waals surface area contributed by atoms with Gasteiger partial charge in [0.1, 0.15) is 5.03 Å². The molecular weight excluding hydrogens is 290 g/mol. The van der Waals surface area contributed by atoms with Gasteiger partial charge in [-0.25, -0.2) is 0 Å². The molecule has 0 spiro atoms. The van der Waals surface area contributed by atoms with Gasteiger partial charge in [-0.15, -0.1) is 5.10 Å². The molecule has 0 saturated heterocycles. The van der Waals surface area contributed by atoms with E-state index in [1.54, 1.807) is 18.3 Å². The highest BCUT2D eigenvalue weighted by Crippen LogP contribution is 2.16. The molecule has 0 aliphatic rings. The Labute approximate surface area is 105 Å². The average molecular weight is 298 g/mol. The first-order chi connectivity index (χ1) is 7.75. The third kappa shape index (κ3) is 2.93. The van der Waals surface area contributed by atoms with Crippen LogP contribution < -0.4 is 0 Å². The molecule has 0 unspecified atom stereocenters. The Morgan fingerprint density at radius 2 is 2.12 bits per heavy atom. The van der Waals surface area contributed by atoms with Crippen LogP contribution in [-0.2, 0) is 0 Å². The van der Waals surface area contributed by atoms with Crippen LogP contribution in [0.2, 0.25) is 0 Å². The zero-order valence-corrected chi connectivity index (χ0v) is 10.6. The van der Waals surface area contributed by atoms with Crippen LogP contribution in [0.1, 0.15) is 10.4 Å². The van der Waals surface area contributed by atoms with Crippen molar-refractivity contribution >= 4 is 33.5 Å². The largest absolute Gasteiger partial charge is 0.293 e. The highest BCUT2D eigenvalue weighted by molar-refractivity contribution is 9.10. The molecule has 1 N–H and O–H groups in total. The van der Waals surface area contributed by atoms with Crippen molar-refractivity contribution in [3.8, 4) is 0 Å². The molecule has 0 bridgehead atoms. The summed E-state index contributed by atoms with van der Waals surface area (Å²) in [4.78, 5) is 11.8. The van der Waals surface area contributed by atoms with Gasteiger partial charge in [0.05, 0.1) is 11.9 Å². The molecule has 2 rings (SSSR count). The standard InChI is InChI=1S/C10H8BrN3OS/c11-8-3-1-7(2-4-8)9(15)6-16-10-5-12-14-13-10/h1-5H,6H2,(H,12,13,14). The fourth-order valence-electron chi connectivity index (χ4n) is 1.12. The van der Waals surface area contributed by atoms with Crippen molar-refractivity contribution in [2.45, 2.75) is 5.03 Å². The van der Waals surface area contributed by atoms with Gasteiger partial charge in [-0.05, 0) is 12.1 Å². The molecule has 4 nitrogen and oxygen atoms in total. The minimum Gasteiger partial charge on any atom is -0.293 e. The maximum absolute atomic E-state index is 11.8. The molecule has 0 atom stereocenters. The van der Waals surface area contributed by atoms with E-state index in [4.69, 9.17) is 0 Å². The average Bonchev–Trinajstić information content (AvgIpc) is 2.80. The molecule has 16 heavy (non-hydrogen) atoms. The van der Waals surface area contributed by atoms with Gasteiger partial charge in [-0.3, -0.25) is 4.79 Å². The number of rotatable bonds is 4. The molecule has 0 fully saturated rings. The third-order valence-corrected chi connectivity index (χ3v) is 3.34. The molecule has 0 aliphatic heterocycles. The van der Waals surface area contributed by atoms with Gasteiger partial charge < -0.3 is 0 Å². The second-order valence-electron chi connectivity index (χ2n) is 3.03. The Morgan fingerprint density at radius 3 is 2.75 bits per heavy atom. The Kier molecular flexibility index (Phi) is 3.74. The normalized spacial score (nSPS) is 10.3. The van der Waals surface area contributed by atoms with E-state index >= 15 is 0 Å². The first kappa shape index (κ1) is 11.3. The lowest BCUT2D eigenvalue weighted by molar-refractivity contribution is 0.102. The van der Waals surface area contributed by atoms with Gasteiger partial charge in [0.2, 0.25) is 0 Å². The SMILES string of the molecule is O=C(CSc1cn[nH]n1)c1ccc(Br)cc1. The number of Topliss-reactive ketones (excluding diaryl/α,β-unsaturated/α-hetero) is 1. The Bertz CT molecular complexity index is 469. The van der Waals surface area contributed by atoms with E-state index < -0.39 is 0 Å². The smallest absolute Gasteiger partial charge is 0.173 e. The number of H-pyrrole nitrogens is 1. The van der Waals surface area contributed by atoms with Gasteiger partial charge in [-0.1, -0.05) is 39.8 Å². The summed E-state index contributed by atoms with van der Waals surface area (Å²) in [6.45, 7) is 0. The number of ketones is 1. The van der Waals surface area contributed by atoms with E-state index in [2.05, 4.69) is 31.3 Å². The van der Waals surface area contributed by atoms with Gasteiger partial charge in [0.15, 0.2) is 5.78 Å². The van der Waals surface area contributed by atoms with E-state index in [1.807, 2.05) is 12.1 Å². The number of hydrogen-bond donors (Lipinski definition) is 1. The molecule has 2 aromatic rings. The van der Waals surface area contributed by atoms with Crippen LogP contribution >= 0.6 is 27.7 Å². The number of nitrogens with one attached hydrogen (secondary N) is 1. The molecule has 0 saturated carbocycles. The van der Waals surface area contributed by atoms with Crippen molar-refractivity contribution in [2.75, 3.05) is 5.75 Å². The second-order valence-corrected chi connectivity index (χ2v) is 4.94. The van der Waals surface area contributed by atoms with Crippen LogP contribution in [0.5, 0.6) is 0 Å². The summed E-state index contributed by atoms with van der Waals surface area (Å²) in [5, 5.41) is 10.8. The van der Waals surface area contributed by atoms with Gasteiger partial charge in [0, 0.05) is 10.0 Å². The number of aromatic amines is 1. The van der Waals surface area contributed by atoms with Crippen molar-refractivity contribution in [2.24, 2.45) is 0 Å². The molecule has 1 aromatic heterocycles.